The van der Waals surface area contributed by atoms with Crippen LogP contribution in [0.25, 0.3) is 11.3 Å². The quantitative estimate of drug-likeness (QED) is 0.547. The Balaban J connectivity index is 1.18. The third-order valence-corrected chi connectivity index (χ3v) is 6.21. The molecule has 32 heavy (non-hydrogen) atoms. The summed E-state index contributed by atoms with van der Waals surface area (Å²) in [7, 11) is 0. The van der Waals surface area contributed by atoms with E-state index in [1.165, 1.54) is 5.56 Å². The van der Waals surface area contributed by atoms with E-state index in [4.69, 9.17) is 11.6 Å². The molecule has 4 rings (SSSR count). The van der Waals surface area contributed by atoms with Gasteiger partial charge in [-0.25, -0.2) is 4.98 Å². The van der Waals surface area contributed by atoms with Crippen molar-refractivity contribution in [1.82, 2.24) is 25.1 Å². The second-order valence-corrected chi connectivity index (χ2v) is 8.75. The molecule has 2 aromatic carbocycles. The minimum atomic E-state index is -0.318. The van der Waals surface area contributed by atoms with Gasteiger partial charge in [0.05, 0.1) is 17.8 Å². The van der Waals surface area contributed by atoms with Crippen molar-refractivity contribution in [2.24, 2.45) is 0 Å². The van der Waals surface area contributed by atoms with Gasteiger partial charge in [-0.2, -0.15) is 0 Å². The van der Waals surface area contributed by atoms with Gasteiger partial charge in [-0.15, -0.1) is 0 Å². The van der Waals surface area contributed by atoms with Crippen LogP contribution in [-0.4, -0.2) is 64.9 Å². The lowest BCUT2D eigenvalue weighted by molar-refractivity contribution is -0.122. The van der Waals surface area contributed by atoms with Crippen molar-refractivity contribution < 1.29 is 4.79 Å². The molecule has 2 N–H and O–H groups in total. The standard InChI is InChI=1S/C25H30ClN5O/c1-19(24-28-17-23(29-24)21-7-3-2-4-8-21)25(32)27-10-11-30-12-14-31(15-13-30)18-20-6-5-9-22(26)16-20/h2-9,16-17,19H,10-15,18H2,1H3,(H,27,32)(H,28,29). The van der Waals surface area contributed by atoms with E-state index in [0.29, 0.717) is 12.4 Å². The minimum Gasteiger partial charge on any atom is -0.354 e. The molecule has 1 atom stereocenters. The second kappa shape index (κ2) is 10.8. The topological polar surface area (TPSA) is 64.3 Å². The molecule has 0 spiro atoms. The third-order valence-electron chi connectivity index (χ3n) is 5.97. The molecule has 1 amide bonds. The number of benzene rings is 2. The fourth-order valence-corrected chi connectivity index (χ4v) is 4.21. The lowest BCUT2D eigenvalue weighted by Crippen LogP contribution is -2.48. The van der Waals surface area contributed by atoms with Crippen LogP contribution < -0.4 is 5.32 Å². The Bertz CT molecular complexity index is 1010. The molecule has 3 aromatic rings. The van der Waals surface area contributed by atoms with Gasteiger partial charge in [-0.05, 0) is 30.2 Å². The van der Waals surface area contributed by atoms with Crippen molar-refractivity contribution in [2.45, 2.75) is 19.4 Å². The van der Waals surface area contributed by atoms with Gasteiger partial charge >= 0.3 is 0 Å². The van der Waals surface area contributed by atoms with Crippen LogP contribution in [-0.2, 0) is 11.3 Å². The second-order valence-electron chi connectivity index (χ2n) is 8.31. The summed E-state index contributed by atoms with van der Waals surface area (Å²) in [6, 6.07) is 18.1. The Kier molecular flexibility index (Phi) is 7.58. The highest BCUT2D eigenvalue weighted by molar-refractivity contribution is 6.30. The van der Waals surface area contributed by atoms with Gasteiger partial charge in [0.1, 0.15) is 5.82 Å². The number of H-pyrrole nitrogens is 1. The highest BCUT2D eigenvalue weighted by Gasteiger charge is 2.20. The average molecular weight is 452 g/mol. The maximum atomic E-state index is 12.6. The van der Waals surface area contributed by atoms with Crippen molar-refractivity contribution in [3.8, 4) is 11.3 Å². The van der Waals surface area contributed by atoms with Crippen LogP contribution in [0.3, 0.4) is 0 Å². The molecule has 1 aliphatic heterocycles. The number of carbonyl (C=O) groups is 1. The first-order valence-corrected chi connectivity index (χ1v) is 11.5. The maximum absolute atomic E-state index is 12.6. The molecule has 1 aliphatic rings. The summed E-state index contributed by atoms with van der Waals surface area (Å²) >= 11 is 6.09. The summed E-state index contributed by atoms with van der Waals surface area (Å²) < 4.78 is 0. The molecule has 2 heterocycles. The van der Waals surface area contributed by atoms with Crippen molar-refractivity contribution >= 4 is 17.5 Å². The Morgan fingerprint density at radius 1 is 1.09 bits per heavy atom. The normalized spacial score (nSPS) is 16.1. The summed E-state index contributed by atoms with van der Waals surface area (Å²) in [4.78, 5) is 25.2. The smallest absolute Gasteiger partial charge is 0.230 e. The molecular formula is C25H30ClN5O. The number of hydrogen-bond acceptors (Lipinski definition) is 4. The van der Waals surface area contributed by atoms with Gasteiger partial charge < -0.3 is 10.3 Å². The predicted molar refractivity (Wildman–Crippen MR) is 129 cm³/mol. The average Bonchev–Trinajstić information content (AvgIpc) is 3.31. The number of imidazole rings is 1. The number of carbonyl (C=O) groups excluding carboxylic acids is 1. The molecule has 1 unspecified atom stereocenters. The van der Waals surface area contributed by atoms with E-state index in [2.05, 4.69) is 31.2 Å². The molecule has 168 valence electrons. The molecule has 0 aliphatic carbocycles. The van der Waals surface area contributed by atoms with Crippen LogP contribution in [0.2, 0.25) is 5.02 Å². The van der Waals surface area contributed by atoms with E-state index in [1.54, 1.807) is 6.20 Å². The highest BCUT2D eigenvalue weighted by Crippen LogP contribution is 2.20. The zero-order valence-electron chi connectivity index (χ0n) is 18.4. The first-order chi connectivity index (χ1) is 15.6. The Labute approximate surface area is 194 Å². The number of nitrogens with zero attached hydrogens (tertiary/aromatic N) is 3. The van der Waals surface area contributed by atoms with Gasteiger partial charge in [0.25, 0.3) is 0 Å². The number of nitrogens with one attached hydrogen (secondary N) is 2. The summed E-state index contributed by atoms with van der Waals surface area (Å²) in [6.07, 6.45) is 1.79. The predicted octanol–water partition coefficient (Wildman–Crippen LogP) is 3.77. The zero-order valence-corrected chi connectivity index (χ0v) is 19.2. The number of hydrogen-bond donors (Lipinski definition) is 2. The van der Waals surface area contributed by atoms with Crippen LogP contribution >= 0.6 is 11.6 Å². The first kappa shape index (κ1) is 22.5. The third kappa shape index (κ3) is 5.97. The maximum Gasteiger partial charge on any atom is 0.230 e. The number of aromatic amines is 1. The molecular weight excluding hydrogens is 422 g/mol. The van der Waals surface area contributed by atoms with Gasteiger partial charge in [-0.1, -0.05) is 54.1 Å². The van der Waals surface area contributed by atoms with Gasteiger partial charge in [0.2, 0.25) is 5.91 Å². The fraction of sp³-hybridized carbons (Fsp3) is 0.360. The lowest BCUT2D eigenvalue weighted by Gasteiger charge is -2.34. The SMILES string of the molecule is CC(C(=O)NCCN1CCN(Cc2cccc(Cl)c2)CC1)c1ncc(-c2ccccc2)[nH]1. The summed E-state index contributed by atoms with van der Waals surface area (Å²) in [5.41, 5.74) is 3.24. The Hall–Kier alpha value is -2.67. The van der Waals surface area contributed by atoms with Crippen molar-refractivity contribution in [2.75, 3.05) is 39.3 Å². The summed E-state index contributed by atoms with van der Waals surface area (Å²) in [5.74, 6) is 0.372. The van der Waals surface area contributed by atoms with Crippen molar-refractivity contribution in [3.05, 3.63) is 77.2 Å². The zero-order chi connectivity index (χ0) is 22.3. The van der Waals surface area contributed by atoms with Crippen molar-refractivity contribution in [1.29, 1.82) is 0 Å². The fourth-order valence-electron chi connectivity index (χ4n) is 4.00. The molecule has 7 heteroatoms. The Morgan fingerprint density at radius 3 is 2.59 bits per heavy atom. The van der Waals surface area contributed by atoms with Gasteiger partial charge in [0, 0.05) is 50.8 Å². The summed E-state index contributed by atoms with van der Waals surface area (Å²) in [6.45, 7) is 8.36. The lowest BCUT2D eigenvalue weighted by atomic mass is 10.1. The van der Waals surface area contributed by atoms with Crippen LogP contribution in [0.5, 0.6) is 0 Å². The van der Waals surface area contributed by atoms with Crippen LogP contribution in [0, 0.1) is 0 Å². The van der Waals surface area contributed by atoms with E-state index in [0.717, 1.165) is 55.5 Å². The molecule has 0 saturated carbocycles. The molecule has 1 saturated heterocycles. The summed E-state index contributed by atoms with van der Waals surface area (Å²) in [5, 5.41) is 3.85. The van der Waals surface area contributed by atoms with E-state index in [-0.39, 0.29) is 11.8 Å². The number of amides is 1. The van der Waals surface area contributed by atoms with Gasteiger partial charge in [-0.3, -0.25) is 14.6 Å². The molecule has 6 nitrogen and oxygen atoms in total. The number of piperazine rings is 1. The number of halogens is 1. The van der Waals surface area contributed by atoms with Crippen LogP contribution in [0.15, 0.2) is 60.8 Å². The van der Waals surface area contributed by atoms with E-state index in [9.17, 15) is 4.79 Å². The molecule has 0 bridgehead atoms. The molecule has 1 aromatic heterocycles. The van der Waals surface area contributed by atoms with E-state index < -0.39 is 0 Å². The minimum absolute atomic E-state index is 0.00134. The molecule has 0 radical (unpaired) electrons. The largest absolute Gasteiger partial charge is 0.354 e. The van der Waals surface area contributed by atoms with E-state index in [1.807, 2.05) is 55.5 Å². The number of rotatable bonds is 8. The number of aromatic nitrogens is 2. The van der Waals surface area contributed by atoms with E-state index >= 15 is 0 Å². The Morgan fingerprint density at radius 2 is 1.84 bits per heavy atom. The monoisotopic (exact) mass is 451 g/mol. The first-order valence-electron chi connectivity index (χ1n) is 11.2. The van der Waals surface area contributed by atoms with Crippen LogP contribution in [0.1, 0.15) is 24.2 Å². The van der Waals surface area contributed by atoms with Crippen LogP contribution in [0.4, 0.5) is 0 Å². The van der Waals surface area contributed by atoms with Crippen molar-refractivity contribution in [3.63, 3.8) is 0 Å². The molecule has 1 fully saturated rings. The van der Waals surface area contributed by atoms with Gasteiger partial charge in [0.15, 0.2) is 0 Å². The highest BCUT2D eigenvalue weighted by atomic mass is 35.5.